The molecule has 0 aliphatic rings. The number of rotatable bonds is 3. The number of aromatic nitrogens is 1. The quantitative estimate of drug-likeness (QED) is 0.613. The number of benzene rings is 2. The third kappa shape index (κ3) is 3.38. The van der Waals surface area contributed by atoms with Crippen LogP contribution in [-0.4, -0.2) is 17.1 Å². The highest BCUT2D eigenvalue weighted by Crippen LogP contribution is 2.30. The minimum Gasteiger partial charge on any atom is -0.322 e. The average Bonchev–Trinajstić information content (AvgIpc) is 2.88. The standard InChI is InChI=1S/C15H10Cl2N2OS2/c1-21-15-19-12-3-2-11(7-13(12)22-15)18-14(20)8-4-9(16)6-10(17)5-8/h2-7H,1H3,(H,18,20). The number of halogens is 2. The average molecular weight is 369 g/mol. The van der Waals surface area contributed by atoms with Crippen molar-refractivity contribution in [2.24, 2.45) is 0 Å². The predicted molar refractivity (Wildman–Crippen MR) is 95.8 cm³/mol. The fourth-order valence-corrected chi connectivity index (χ4v) is 4.01. The van der Waals surface area contributed by atoms with Crippen LogP contribution in [0.5, 0.6) is 0 Å². The Kier molecular flexibility index (Phi) is 4.59. The summed E-state index contributed by atoms with van der Waals surface area (Å²) in [5, 5.41) is 3.71. The van der Waals surface area contributed by atoms with E-state index in [4.69, 9.17) is 23.2 Å². The molecule has 1 N–H and O–H groups in total. The van der Waals surface area contributed by atoms with Crippen LogP contribution in [0.15, 0.2) is 40.7 Å². The van der Waals surface area contributed by atoms with Crippen molar-refractivity contribution >= 4 is 68.1 Å². The fraction of sp³-hybridized carbons (Fsp3) is 0.0667. The summed E-state index contributed by atoms with van der Waals surface area (Å²) in [6.45, 7) is 0. The third-order valence-electron chi connectivity index (χ3n) is 2.93. The summed E-state index contributed by atoms with van der Waals surface area (Å²) >= 11 is 15.0. The lowest BCUT2D eigenvalue weighted by atomic mass is 10.2. The van der Waals surface area contributed by atoms with Crippen LogP contribution in [0.3, 0.4) is 0 Å². The number of anilines is 1. The highest BCUT2D eigenvalue weighted by atomic mass is 35.5. The molecule has 3 nitrogen and oxygen atoms in total. The second-order valence-electron chi connectivity index (χ2n) is 4.48. The fourth-order valence-electron chi connectivity index (χ4n) is 1.96. The first-order chi connectivity index (χ1) is 10.5. The number of carbonyl (C=O) groups is 1. The van der Waals surface area contributed by atoms with Crippen LogP contribution in [0, 0.1) is 0 Å². The maximum Gasteiger partial charge on any atom is 0.255 e. The van der Waals surface area contributed by atoms with E-state index in [1.807, 2.05) is 24.5 Å². The van der Waals surface area contributed by atoms with Gasteiger partial charge in [-0.2, -0.15) is 0 Å². The van der Waals surface area contributed by atoms with E-state index in [1.165, 1.54) is 0 Å². The Hall–Kier alpha value is -1.27. The highest BCUT2D eigenvalue weighted by Gasteiger charge is 2.10. The second kappa shape index (κ2) is 6.46. The van der Waals surface area contributed by atoms with E-state index in [0.717, 1.165) is 14.6 Å². The molecule has 1 heterocycles. The first-order valence-electron chi connectivity index (χ1n) is 6.27. The monoisotopic (exact) mass is 368 g/mol. The van der Waals surface area contributed by atoms with Gasteiger partial charge in [-0.25, -0.2) is 4.98 Å². The number of thiazole rings is 1. The Labute approximate surface area is 145 Å². The summed E-state index contributed by atoms with van der Waals surface area (Å²) in [5.41, 5.74) is 2.06. The molecule has 0 radical (unpaired) electrons. The molecule has 0 saturated carbocycles. The van der Waals surface area contributed by atoms with Gasteiger partial charge in [0.05, 0.1) is 10.2 Å². The van der Waals surface area contributed by atoms with E-state index in [2.05, 4.69) is 10.3 Å². The molecule has 2 aromatic carbocycles. The normalized spacial score (nSPS) is 10.9. The summed E-state index contributed by atoms with van der Waals surface area (Å²) in [4.78, 5) is 16.7. The number of thioether (sulfide) groups is 1. The first kappa shape index (κ1) is 15.6. The topological polar surface area (TPSA) is 42.0 Å². The summed E-state index contributed by atoms with van der Waals surface area (Å²) in [6, 6.07) is 10.4. The van der Waals surface area contributed by atoms with Crippen molar-refractivity contribution in [3.05, 3.63) is 52.0 Å². The number of carbonyl (C=O) groups excluding carboxylic acids is 1. The van der Waals surface area contributed by atoms with Crippen molar-refractivity contribution in [3.8, 4) is 0 Å². The van der Waals surface area contributed by atoms with Crippen LogP contribution >= 0.6 is 46.3 Å². The number of hydrogen-bond acceptors (Lipinski definition) is 4. The molecule has 0 spiro atoms. The Balaban J connectivity index is 1.87. The molecule has 0 unspecified atom stereocenters. The molecule has 0 bridgehead atoms. The highest BCUT2D eigenvalue weighted by molar-refractivity contribution is 8.00. The summed E-state index contributed by atoms with van der Waals surface area (Å²) in [6.07, 6.45) is 1.99. The van der Waals surface area contributed by atoms with Gasteiger partial charge in [0.15, 0.2) is 4.34 Å². The van der Waals surface area contributed by atoms with Crippen LogP contribution in [-0.2, 0) is 0 Å². The van der Waals surface area contributed by atoms with Crippen molar-refractivity contribution in [1.82, 2.24) is 4.98 Å². The molecule has 7 heteroatoms. The van der Waals surface area contributed by atoms with Gasteiger partial charge in [-0.05, 0) is 42.7 Å². The number of nitrogens with zero attached hydrogens (tertiary/aromatic N) is 1. The number of fused-ring (bicyclic) bond motifs is 1. The van der Waals surface area contributed by atoms with Crippen molar-refractivity contribution < 1.29 is 4.79 Å². The van der Waals surface area contributed by atoms with Crippen molar-refractivity contribution in [3.63, 3.8) is 0 Å². The van der Waals surface area contributed by atoms with Crippen molar-refractivity contribution in [2.45, 2.75) is 4.34 Å². The van der Waals surface area contributed by atoms with Gasteiger partial charge in [0, 0.05) is 21.3 Å². The molecule has 0 atom stereocenters. The molecule has 0 aliphatic heterocycles. The van der Waals surface area contributed by atoms with E-state index in [-0.39, 0.29) is 5.91 Å². The summed E-state index contributed by atoms with van der Waals surface area (Å²) in [5.74, 6) is -0.252. The van der Waals surface area contributed by atoms with E-state index in [9.17, 15) is 4.79 Å². The summed E-state index contributed by atoms with van der Waals surface area (Å²) in [7, 11) is 0. The lowest BCUT2D eigenvalue weighted by molar-refractivity contribution is 0.102. The molecule has 1 amide bonds. The van der Waals surface area contributed by atoms with Crippen LogP contribution < -0.4 is 5.32 Å². The zero-order valence-electron chi connectivity index (χ0n) is 11.4. The van der Waals surface area contributed by atoms with Gasteiger partial charge in [0.25, 0.3) is 5.91 Å². The Bertz CT molecular complexity index is 844. The van der Waals surface area contributed by atoms with Crippen molar-refractivity contribution in [2.75, 3.05) is 11.6 Å². The van der Waals surface area contributed by atoms with Gasteiger partial charge in [-0.1, -0.05) is 35.0 Å². The maximum atomic E-state index is 12.3. The molecule has 0 aliphatic carbocycles. The summed E-state index contributed by atoms with van der Waals surface area (Å²) < 4.78 is 2.03. The maximum absolute atomic E-state index is 12.3. The zero-order chi connectivity index (χ0) is 15.7. The number of amides is 1. The Morgan fingerprint density at radius 1 is 1.18 bits per heavy atom. The number of nitrogens with one attached hydrogen (secondary N) is 1. The van der Waals surface area contributed by atoms with Crippen molar-refractivity contribution in [1.29, 1.82) is 0 Å². The molecule has 3 rings (SSSR count). The van der Waals surface area contributed by atoms with E-state index >= 15 is 0 Å². The van der Waals surface area contributed by atoms with Crippen LogP contribution in [0.25, 0.3) is 10.2 Å². The largest absolute Gasteiger partial charge is 0.322 e. The third-order valence-corrected chi connectivity index (χ3v) is 5.37. The van der Waals surface area contributed by atoms with E-state index in [0.29, 0.717) is 21.3 Å². The van der Waals surface area contributed by atoms with E-state index < -0.39 is 0 Å². The van der Waals surface area contributed by atoms with Gasteiger partial charge < -0.3 is 5.32 Å². The zero-order valence-corrected chi connectivity index (χ0v) is 14.5. The van der Waals surface area contributed by atoms with Gasteiger partial charge in [-0.15, -0.1) is 11.3 Å². The first-order valence-corrected chi connectivity index (χ1v) is 9.07. The Morgan fingerprint density at radius 3 is 2.59 bits per heavy atom. The lowest BCUT2D eigenvalue weighted by Gasteiger charge is -2.06. The van der Waals surface area contributed by atoms with Gasteiger partial charge in [0.1, 0.15) is 0 Å². The van der Waals surface area contributed by atoms with Crippen LogP contribution in [0.1, 0.15) is 10.4 Å². The molecule has 0 fully saturated rings. The Morgan fingerprint density at radius 2 is 1.91 bits per heavy atom. The number of hydrogen-bond donors (Lipinski definition) is 1. The van der Waals surface area contributed by atoms with E-state index in [1.54, 1.807) is 41.3 Å². The van der Waals surface area contributed by atoms with Crippen LogP contribution in [0.2, 0.25) is 10.0 Å². The molecular weight excluding hydrogens is 359 g/mol. The minimum atomic E-state index is -0.252. The van der Waals surface area contributed by atoms with Gasteiger partial charge in [0.2, 0.25) is 0 Å². The van der Waals surface area contributed by atoms with Crippen LogP contribution in [0.4, 0.5) is 5.69 Å². The molecule has 0 saturated heterocycles. The molecule has 1 aromatic heterocycles. The lowest BCUT2D eigenvalue weighted by Crippen LogP contribution is -2.11. The predicted octanol–water partition coefficient (Wildman–Crippen LogP) is 5.58. The van der Waals surface area contributed by atoms with Gasteiger partial charge in [-0.3, -0.25) is 4.79 Å². The SMILES string of the molecule is CSc1nc2ccc(NC(=O)c3cc(Cl)cc(Cl)c3)cc2s1. The minimum absolute atomic E-state index is 0.252. The second-order valence-corrected chi connectivity index (χ2v) is 7.44. The molecule has 112 valence electrons. The van der Waals surface area contributed by atoms with Gasteiger partial charge >= 0.3 is 0 Å². The smallest absolute Gasteiger partial charge is 0.255 e. The molecule has 22 heavy (non-hydrogen) atoms. The molecular formula is C15H10Cl2N2OS2. The molecule has 3 aromatic rings.